The SMILES string of the molecule is CCc1ccccc1N1C[C@@H](C(=O)N2CCC[C@H](CN3CCN(c4ccccn4)CC3)C2)CC1=O. The molecule has 2 atom stereocenters. The van der Waals surface area contributed by atoms with E-state index in [0.717, 1.165) is 75.7 Å². The lowest BCUT2D eigenvalue weighted by Gasteiger charge is -2.40. The van der Waals surface area contributed by atoms with Crippen LogP contribution in [0.3, 0.4) is 0 Å². The minimum absolute atomic E-state index is 0.0728. The number of rotatable bonds is 6. The molecule has 4 heterocycles. The molecule has 1 aromatic carbocycles. The van der Waals surface area contributed by atoms with Gasteiger partial charge in [0.1, 0.15) is 5.82 Å². The van der Waals surface area contributed by atoms with Crippen LogP contribution in [0.2, 0.25) is 0 Å². The van der Waals surface area contributed by atoms with E-state index in [1.807, 2.05) is 46.3 Å². The number of aryl methyl sites for hydroxylation is 1. The molecule has 3 aliphatic rings. The minimum atomic E-state index is -0.229. The quantitative estimate of drug-likeness (QED) is 0.643. The van der Waals surface area contributed by atoms with Crippen LogP contribution in [0.4, 0.5) is 11.5 Å². The van der Waals surface area contributed by atoms with Crippen LogP contribution in [0, 0.1) is 11.8 Å². The largest absolute Gasteiger partial charge is 0.354 e. The van der Waals surface area contributed by atoms with E-state index in [2.05, 4.69) is 33.8 Å². The van der Waals surface area contributed by atoms with Gasteiger partial charge in [0.15, 0.2) is 0 Å². The molecule has 0 aliphatic carbocycles. The van der Waals surface area contributed by atoms with Crippen LogP contribution in [0.25, 0.3) is 0 Å². The topological polar surface area (TPSA) is 60.0 Å². The Hall–Kier alpha value is -2.93. The first kappa shape index (κ1) is 23.8. The van der Waals surface area contributed by atoms with Gasteiger partial charge in [-0.2, -0.15) is 0 Å². The summed E-state index contributed by atoms with van der Waals surface area (Å²) in [4.78, 5) is 39.5. The van der Waals surface area contributed by atoms with Gasteiger partial charge in [-0.05, 0) is 48.9 Å². The van der Waals surface area contributed by atoms with E-state index in [0.29, 0.717) is 18.9 Å². The Balaban J connectivity index is 1.14. The number of para-hydroxylation sites is 1. The van der Waals surface area contributed by atoms with Crippen molar-refractivity contribution in [3.8, 4) is 0 Å². The van der Waals surface area contributed by atoms with Crippen molar-refractivity contribution in [2.24, 2.45) is 11.8 Å². The minimum Gasteiger partial charge on any atom is -0.354 e. The van der Waals surface area contributed by atoms with Gasteiger partial charge in [-0.15, -0.1) is 0 Å². The fourth-order valence-electron chi connectivity index (χ4n) is 5.92. The summed E-state index contributed by atoms with van der Waals surface area (Å²) in [7, 11) is 0. The second-order valence-electron chi connectivity index (χ2n) is 10.2. The number of amides is 2. The summed E-state index contributed by atoms with van der Waals surface area (Å²) in [5.74, 6) is 1.57. The van der Waals surface area contributed by atoms with Crippen LogP contribution in [0.5, 0.6) is 0 Å². The number of aromatic nitrogens is 1. The van der Waals surface area contributed by atoms with Gasteiger partial charge >= 0.3 is 0 Å². The lowest BCUT2D eigenvalue weighted by atomic mass is 9.95. The predicted molar refractivity (Wildman–Crippen MR) is 138 cm³/mol. The Kier molecular flexibility index (Phi) is 7.32. The van der Waals surface area contributed by atoms with Gasteiger partial charge < -0.3 is 14.7 Å². The highest BCUT2D eigenvalue weighted by atomic mass is 16.2. The number of nitrogens with zero attached hydrogens (tertiary/aromatic N) is 5. The summed E-state index contributed by atoms with van der Waals surface area (Å²) in [6.45, 7) is 9.33. The van der Waals surface area contributed by atoms with Gasteiger partial charge in [0.25, 0.3) is 0 Å². The summed E-state index contributed by atoms with van der Waals surface area (Å²) in [5.41, 5.74) is 2.13. The number of carbonyl (C=O) groups excluding carboxylic acids is 2. The molecule has 2 amide bonds. The standard InChI is InChI=1S/C28H37N5O2/c1-2-23-9-3-4-10-25(23)33-21-24(18-27(33)34)28(35)32-13-7-8-22(20-32)19-30-14-16-31(17-15-30)26-11-5-6-12-29-26/h3-6,9-12,22,24H,2,7-8,13-21H2,1H3/t22-,24+/m1/s1. The van der Waals surface area contributed by atoms with Gasteiger partial charge in [0, 0.05) is 70.7 Å². The van der Waals surface area contributed by atoms with Crippen molar-refractivity contribution in [2.45, 2.75) is 32.6 Å². The second-order valence-corrected chi connectivity index (χ2v) is 10.2. The Morgan fingerprint density at radius 1 is 1.00 bits per heavy atom. The molecule has 0 unspecified atom stereocenters. The van der Waals surface area contributed by atoms with E-state index in [9.17, 15) is 9.59 Å². The number of hydrogen-bond donors (Lipinski definition) is 0. The van der Waals surface area contributed by atoms with Crippen LogP contribution in [-0.2, 0) is 16.0 Å². The van der Waals surface area contributed by atoms with Gasteiger partial charge in [-0.3, -0.25) is 14.5 Å². The molecule has 0 bridgehead atoms. The highest BCUT2D eigenvalue weighted by Crippen LogP contribution is 2.30. The zero-order valence-corrected chi connectivity index (χ0v) is 20.8. The summed E-state index contributed by atoms with van der Waals surface area (Å²) < 4.78 is 0. The third-order valence-electron chi connectivity index (χ3n) is 7.83. The monoisotopic (exact) mass is 475 g/mol. The maximum absolute atomic E-state index is 13.4. The summed E-state index contributed by atoms with van der Waals surface area (Å²) in [6, 6.07) is 14.1. The number of anilines is 2. The summed E-state index contributed by atoms with van der Waals surface area (Å²) in [6.07, 6.45) is 5.28. The van der Waals surface area contributed by atoms with Crippen LogP contribution in [0.15, 0.2) is 48.7 Å². The number of benzene rings is 1. The molecule has 0 spiro atoms. The van der Waals surface area contributed by atoms with Gasteiger partial charge in [-0.1, -0.05) is 31.2 Å². The smallest absolute Gasteiger partial charge is 0.228 e. The molecule has 3 aliphatic heterocycles. The van der Waals surface area contributed by atoms with E-state index >= 15 is 0 Å². The van der Waals surface area contributed by atoms with E-state index in [-0.39, 0.29) is 17.7 Å². The summed E-state index contributed by atoms with van der Waals surface area (Å²) >= 11 is 0. The number of hydrogen-bond acceptors (Lipinski definition) is 5. The average molecular weight is 476 g/mol. The highest BCUT2D eigenvalue weighted by Gasteiger charge is 2.39. The van der Waals surface area contributed by atoms with Crippen LogP contribution >= 0.6 is 0 Å². The molecule has 2 aromatic rings. The van der Waals surface area contributed by atoms with E-state index in [1.54, 1.807) is 0 Å². The molecule has 0 N–H and O–H groups in total. The van der Waals surface area contributed by atoms with Crippen molar-refractivity contribution in [1.82, 2.24) is 14.8 Å². The van der Waals surface area contributed by atoms with E-state index in [4.69, 9.17) is 0 Å². The van der Waals surface area contributed by atoms with Crippen LogP contribution in [0.1, 0.15) is 31.7 Å². The van der Waals surface area contributed by atoms with E-state index < -0.39 is 0 Å². The van der Waals surface area contributed by atoms with Crippen molar-refractivity contribution < 1.29 is 9.59 Å². The molecule has 3 saturated heterocycles. The molecular formula is C28H37N5O2. The van der Waals surface area contributed by atoms with Crippen molar-refractivity contribution in [3.05, 3.63) is 54.2 Å². The van der Waals surface area contributed by atoms with Crippen LogP contribution < -0.4 is 9.80 Å². The van der Waals surface area contributed by atoms with Crippen molar-refractivity contribution in [3.63, 3.8) is 0 Å². The normalized spacial score (nSPS) is 23.7. The lowest BCUT2D eigenvalue weighted by molar-refractivity contribution is -0.137. The number of piperazine rings is 1. The first-order valence-electron chi connectivity index (χ1n) is 13.2. The number of pyridine rings is 1. The third kappa shape index (κ3) is 5.35. The van der Waals surface area contributed by atoms with Gasteiger partial charge in [0.2, 0.25) is 11.8 Å². The Morgan fingerprint density at radius 3 is 2.57 bits per heavy atom. The van der Waals surface area contributed by atoms with Gasteiger partial charge in [0.05, 0.1) is 5.92 Å². The predicted octanol–water partition coefficient (Wildman–Crippen LogP) is 3.06. The molecule has 186 valence electrons. The lowest BCUT2D eigenvalue weighted by Crippen LogP contribution is -2.51. The maximum atomic E-state index is 13.4. The molecule has 7 nitrogen and oxygen atoms in total. The highest BCUT2D eigenvalue weighted by molar-refractivity contribution is 6.00. The summed E-state index contributed by atoms with van der Waals surface area (Å²) in [5, 5.41) is 0. The van der Waals surface area contributed by atoms with E-state index in [1.165, 1.54) is 6.42 Å². The number of carbonyl (C=O) groups is 2. The fourth-order valence-corrected chi connectivity index (χ4v) is 5.92. The Morgan fingerprint density at radius 2 is 1.80 bits per heavy atom. The van der Waals surface area contributed by atoms with Crippen molar-refractivity contribution in [2.75, 3.05) is 62.2 Å². The molecule has 7 heteroatoms. The molecule has 35 heavy (non-hydrogen) atoms. The molecule has 3 fully saturated rings. The fraction of sp³-hybridized carbons (Fsp3) is 0.536. The van der Waals surface area contributed by atoms with Crippen molar-refractivity contribution >= 4 is 23.3 Å². The molecular weight excluding hydrogens is 438 g/mol. The zero-order valence-electron chi connectivity index (χ0n) is 20.8. The Labute approximate surface area is 208 Å². The Bertz CT molecular complexity index is 1020. The zero-order chi connectivity index (χ0) is 24.2. The first-order valence-corrected chi connectivity index (χ1v) is 13.2. The number of piperidine rings is 1. The van der Waals surface area contributed by atoms with Gasteiger partial charge in [-0.25, -0.2) is 4.98 Å². The first-order chi connectivity index (χ1) is 17.1. The number of likely N-dealkylation sites (tertiary alicyclic amines) is 1. The average Bonchev–Trinajstić information content (AvgIpc) is 3.30. The molecule has 5 rings (SSSR count). The van der Waals surface area contributed by atoms with Crippen LogP contribution in [-0.4, -0.2) is 79.0 Å². The maximum Gasteiger partial charge on any atom is 0.228 e. The molecule has 0 radical (unpaired) electrons. The molecule has 0 saturated carbocycles. The third-order valence-corrected chi connectivity index (χ3v) is 7.83. The second kappa shape index (κ2) is 10.8. The molecule has 1 aromatic heterocycles. The van der Waals surface area contributed by atoms with Crippen molar-refractivity contribution in [1.29, 1.82) is 0 Å².